The highest BCUT2D eigenvalue weighted by atomic mass is 16.6. The SMILES string of the molecule is CCc1ccc2oc(-c3ccc(OC)cc3)c(O[C@H](C)C(=O)OC)c(=O)c2c1. The third kappa shape index (κ3) is 3.71. The van der Waals surface area contributed by atoms with Crippen molar-refractivity contribution in [1.29, 1.82) is 0 Å². The van der Waals surface area contributed by atoms with E-state index in [4.69, 9.17) is 18.6 Å². The molecule has 1 atom stereocenters. The van der Waals surface area contributed by atoms with Gasteiger partial charge < -0.3 is 18.6 Å². The van der Waals surface area contributed by atoms with Gasteiger partial charge in [0.05, 0.1) is 19.6 Å². The summed E-state index contributed by atoms with van der Waals surface area (Å²) in [6.45, 7) is 3.53. The van der Waals surface area contributed by atoms with E-state index < -0.39 is 12.1 Å². The van der Waals surface area contributed by atoms with Crippen molar-refractivity contribution < 1.29 is 23.4 Å². The monoisotopic (exact) mass is 382 g/mol. The Morgan fingerprint density at radius 3 is 2.43 bits per heavy atom. The smallest absolute Gasteiger partial charge is 0.346 e. The van der Waals surface area contributed by atoms with Crippen molar-refractivity contribution in [2.24, 2.45) is 0 Å². The third-order valence-corrected chi connectivity index (χ3v) is 4.50. The van der Waals surface area contributed by atoms with Gasteiger partial charge in [-0.15, -0.1) is 0 Å². The first-order valence-electron chi connectivity index (χ1n) is 8.97. The molecule has 0 spiro atoms. The van der Waals surface area contributed by atoms with Crippen LogP contribution in [0.5, 0.6) is 11.5 Å². The first-order chi connectivity index (χ1) is 13.5. The lowest BCUT2D eigenvalue weighted by Gasteiger charge is -2.15. The van der Waals surface area contributed by atoms with Crippen LogP contribution in [0.3, 0.4) is 0 Å². The van der Waals surface area contributed by atoms with Crippen LogP contribution >= 0.6 is 0 Å². The molecule has 0 saturated carbocycles. The number of hydrogen-bond acceptors (Lipinski definition) is 6. The van der Waals surface area contributed by atoms with E-state index in [1.54, 1.807) is 43.5 Å². The lowest BCUT2D eigenvalue weighted by Crippen LogP contribution is -2.27. The van der Waals surface area contributed by atoms with Gasteiger partial charge in [-0.1, -0.05) is 13.0 Å². The Labute approximate surface area is 162 Å². The van der Waals surface area contributed by atoms with Crippen LogP contribution in [0.2, 0.25) is 0 Å². The Morgan fingerprint density at radius 1 is 1.11 bits per heavy atom. The molecule has 0 bridgehead atoms. The normalized spacial score (nSPS) is 11.9. The Morgan fingerprint density at radius 2 is 1.82 bits per heavy atom. The molecular formula is C22H22O6. The molecule has 3 rings (SSSR count). The van der Waals surface area contributed by atoms with E-state index in [0.717, 1.165) is 12.0 Å². The van der Waals surface area contributed by atoms with E-state index >= 15 is 0 Å². The minimum absolute atomic E-state index is 0.0242. The molecule has 0 unspecified atom stereocenters. The zero-order chi connectivity index (χ0) is 20.3. The summed E-state index contributed by atoms with van der Waals surface area (Å²) in [5.74, 6) is 0.316. The number of aryl methyl sites for hydroxylation is 1. The molecule has 146 valence electrons. The zero-order valence-electron chi connectivity index (χ0n) is 16.3. The minimum Gasteiger partial charge on any atom is -0.497 e. The number of methoxy groups -OCH3 is 2. The second-order valence-corrected chi connectivity index (χ2v) is 6.29. The van der Waals surface area contributed by atoms with E-state index in [9.17, 15) is 9.59 Å². The molecule has 6 heteroatoms. The maximum absolute atomic E-state index is 13.2. The highest BCUT2D eigenvalue weighted by Crippen LogP contribution is 2.33. The van der Waals surface area contributed by atoms with Crippen LogP contribution in [0.4, 0.5) is 0 Å². The third-order valence-electron chi connectivity index (χ3n) is 4.50. The fourth-order valence-electron chi connectivity index (χ4n) is 2.88. The number of hydrogen-bond donors (Lipinski definition) is 0. The molecule has 3 aromatic rings. The molecule has 0 radical (unpaired) electrons. The maximum Gasteiger partial charge on any atom is 0.346 e. The number of benzene rings is 2. The summed E-state index contributed by atoms with van der Waals surface area (Å²) in [6, 6.07) is 12.5. The Hall–Kier alpha value is -3.28. The van der Waals surface area contributed by atoms with Gasteiger partial charge in [-0.3, -0.25) is 4.79 Å². The second kappa shape index (κ2) is 8.17. The van der Waals surface area contributed by atoms with Crippen LogP contribution in [0.25, 0.3) is 22.3 Å². The fraction of sp³-hybridized carbons (Fsp3) is 0.273. The van der Waals surface area contributed by atoms with E-state index in [1.807, 2.05) is 13.0 Å². The molecule has 0 aliphatic carbocycles. The molecule has 6 nitrogen and oxygen atoms in total. The van der Waals surface area contributed by atoms with Crippen LogP contribution in [-0.4, -0.2) is 26.3 Å². The molecule has 0 saturated heterocycles. The van der Waals surface area contributed by atoms with Crippen molar-refractivity contribution in [2.75, 3.05) is 14.2 Å². The van der Waals surface area contributed by atoms with Gasteiger partial charge in [0.1, 0.15) is 11.3 Å². The fourth-order valence-corrected chi connectivity index (χ4v) is 2.88. The van der Waals surface area contributed by atoms with Gasteiger partial charge in [-0.25, -0.2) is 4.79 Å². The quantitative estimate of drug-likeness (QED) is 0.601. The van der Waals surface area contributed by atoms with Crippen LogP contribution in [0.15, 0.2) is 51.7 Å². The number of fused-ring (bicyclic) bond motifs is 1. The summed E-state index contributed by atoms with van der Waals surface area (Å²) < 4.78 is 21.6. The van der Waals surface area contributed by atoms with Gasteiger partial charge in [0.2, 0.25) is 11.2 Å². The van der Waals surface area contributed by atoms with Crippen LogP contribution in [0.1, 0.15) is 19.4 Å². The summed E-state index contributed by atoms with van der Waals surface area (Å²) in [5, 5.41) is 0.406. The van der Waals surface area contributed by atoms with Crippen molar-refractivity contribution in [1.82, 2.24) is 0 Å². The van der Waals surface area contributed by atoms with Crippen molar-refractivity contribution in [3.05, 3.63) is 58.3 Å². The largest absolute Gasteiger partial charge is 0.497 e. The van der Waals surface area contributed by atoms with Crippen molar-refractivity contribution in [2.45, 2.75) is 26.4 Å². The number of esters is 1. The number of carbonyl (C=O) groups is 1. The van der Waals surface area contributed by atoms with Crippen molar-refractivity contribution in [3.8, 4) is 22.8 Å². The summed E-state index contributed by atoms with van der Waals surface area (Å²) in [6.07, 6.45) is -0.179. The summed E-state index contributed by atoms with van der Waals surface area (Å²) >= 11 is 0. The molecule has 28 heavy (non-hydrogen) atoms. The van der Waals surface area contributed by atoms with Gasteiger partial charge in [0, 0.05) is 5.56 Å². The Bertz CT molecular complexity index is 1050. The lowest BCUT2D eigenvalue weighted by atomic mass is 10.1. The van der Waals surface area contributed by atoms with Crippen molar-refractivity contribution >= 4 is 16.9 Å². The molecule has 1 heterocycles. The van der Waals surface area contributed by atoms with Gasteiger partial charge in [0.15, 0.2) is 11.9 Å². The van der Waals surface area contributed by atoms with E-state index in [1.165, 1.54) is 14.0 Å². The van der Waals surface area contributed by atoms with E-state index in [2.05, 4.69) is 0 Å². The zero-order valence-corrected chi connectivity index (χ0v) is 16.3. The average Bonchev–Trinajstić information content (AvgIpc) is 2.74. The predicted molar refractivity (Wildman–Crippen MR) is 106 cm³/mol. The standard InChI is InChI=1S/C22H22O6/c1-5-14-6-11-18-17(12-14)19(23)21(27-13(2)22(24)26-4)20(28-18)15-7-9-16(25-3)10-8-15/h6-13H,5H2,1-4H3/t13-/m1/s1. The molecule has 0 fully saturated rings. The van der Waals surface area contributed by atoms with Crippen LogP contribution in [0, 0.1) is 0 Å². The average molecular weight is 382 g/mol. The molecule has 0 aliphatic heterocycles. The summed E-state index contributed by atoms with van der Waals surface area (Å²) in [5.41, 5.74) is 1.75. The lowest BCUT2D eigenvalue weighted by molar-refractivity contribution is -0.147. The summed E-state index contributed by atoms with van der Waals surface area (Å²) in [7, 11) is 2.84. The first-order valence-corrected chi connectivity index (χ1v) is 8.97. The maximum atomic E-state index is 13.2. The van der Waals surface area contributed by atoms with E-state index in [-0.39, 0.29) is 16.9 Å². The van der Waals surface area contributed by atoms with Gasteiger partial charge in [-0.2, -0.15) is 0 Å². The van der Waals surface area contributed by atoms with Gasteiger partial charge >= 0.3 is 5.97 Å². The minimum atomic E-state index is -0.961. The molecule has 0 N–H and O–H groups in total. The van der Waals surface area contributed by atoms with Gasteiger partial charge in [-0.05, 0) is 55.3 Å². The molecule has 2 aromatic carbocycles. The number of carbonyl (C=O) groups excluding carboxylic acids is 1. The highest BCUT2D eigenvalue weighted by Gasteiger charge is 2.23. The van der Waals surface area contributed by atoms with E-state index in [0.29, 0.717) is 22.3 Å². The molecule has 1 aromatic heterocycles. The topological polar surface area (TPSA) is 75.0 Å². The van der Waals surface area contributed by atoms with Crippen molar-refractivity contribution in [3.63, 3.8) is 0 Å². The van der Waals surface area contributed by atoms with Crippen LogP contribution < -0.4 is 14.9 Å². The van der Waals surface area contributed by atoms with Crippen LogP contribution in [-0.2, 0) is 16.0 Å². The summed E-state index contributed by atoms with van der Waals surface area (Å²) in [4.78, 5) is 25.0. The highest BCUT2D eigenvalue weighted by molar-refractivity contribution is 5.83. The molecular weight excluding hydrogens is 360 g/mol. The number of rotatable bonds is 6. The first kappa shape index (κ1) is 19.5. The Kier molecular flexibility index (Phi) is 5.68. The molecule has 0 aliphatic rings. The number of ether oxygens (including phenoxy) is 3. The Balaban J connectivity index is 2.22. The van der Waals surface area contributed by atoms with Gasteiger partial charge in [0.25, 0.3) is 0 Å². The molecule has 0 amide bonds. The second-order valence-electron chi connectivity index (χ2n) is 6.29. The predicted octanol–water partition coefficient (Wildman–Crippen LogP) is 3.97.